The van der Waals surface area contributed by atoms with Crippen molar-refractivity contribution >= 4 is 29.0 Å². The molecule has 1 amide bonds. The number of amides is 1. The van der Waals surface area contributed by atoms with Crippen LogP contribution in [0.2, 0.25) is 0 Å². The van der Waals surface area contributed by atoms with Gasteiger partial charge in [-0.05, 0) is 49.7 Å². The van der Waals surface area contributed by atoms with Crippen molar-refractivity contribution in [3.05, 3.63) is 54.1 Å². The van der Waals surface area contributed by atoms with Gasteiger partial charge in [-0.3, -0.25) is 4.79 Å². The topological polar surface area (TPSA) is 46.3 Å². The molecule has 3 nitrogen and oxygen atoms in total. The molecular weight excluding hydrogens is 280 g/mol. The van der Waals surface area contributed by atoms with Crippen LogP contribution in [-0.2, 0) is 4.79 Å². The Labute approximate surface area is 130 Å². The first kappa shape index (κ1) is 15.4. The highest BCUT2D eigenvalue weighted by atomic mass is 32.2. The maximum absolute atomic E-state index is 12.4. The van der Waals surface area contributed by atoms with Crippen molar-refractivity contribution in [2.45, 2.75) is 18.7 Å². The first-order valence-corrected chi connectivity index (χ1v) is 7.94. The SMILES string of the molecule is CCN(C(=O)CSc1ccc(N)cc1C)c1ccccc1. The van der Waals surface area contributed by atoms with Crippen LogP contribution in [0, 0.1) is 6.92 Å². The van der Waals surface area contributed by atoms with Crippen molar-refractivity contribution in [2.24, 2.45) is 0 Å². The van der Waals surface area contributed by atoms with Gasteiger partial charge in [0.15, 0.2) is 0 Å². The minimum absolute atomic E-state index is 0.116. The summed E-state index contributed by atoms with van der Waals surface area (Å²) in [6.45, 7) is 4.67. The fraction of sp³-hybridized carbons (Fsp3) is 0.235. The van der Waals surface area contributed by atoms with E-state index in [-0.39, 0.29) is 5.91 Å². The zero-order valence-electron chi connectivity index (χ0n) is 12.4. The maximum atomic E-state index is 12.4. The Morgan fingerprint density at radius 2 is 1.90 bits per heavy atom. The van der Waals surface area contributed by atoms with Crippen LogP contribution in [0.15, 0.2) is 53.4 Å². The molecule has 0 heterocycles. The monoisotopic (exact) mass is 300 g/mol. The lowest BCUT2D eigenvalue weighted by Crippen LogP contribution is -2.32. The van der Waals surface area contributed by atoms with Crippen molar-refractivity contribution in [1.29, 1.82) is 0 Å². The number of hydrogen-bond donors (Lipinski definition) is 1. The Morgan fingerprint density at radius 1 is 1.19 bits per heavy atom. The van der Waals surface area contributed by atoms with E-state index in [1.54, 1.807) is 16.7 Å². The van der Waals surface area contributed by atoms with Crippen LogP contribution in [0.5, 0.6) is 0 Å². The molecule has 0 aliphatic rings. The Balaban J connectivity index is 2.03. The lowest BCUT2D eigenvalue weighted by Gasteiger charge is -2.21. The average Bonchev–Trinajstić information content (AvgIpc) is 2.48. The molecule has 4 heteroatoms. The lowest BCUT2D eigenvalue weighted by atomic mass is 10.2. The van der Waals surface area contributed by atoms with E-state index >= 15 is 0 Å². The summed E-state index contributed by atoms with van der Waals surface area (Å²) in [5, 5.41) is 0. The highest BCUT2D eigenvalue weighted by Gasteiger charge is 2.14. The third-order valence-corrected chi connectivity index (χ3v) is 4.40. The number of nitrogens with two attached hydrogens (primary N) is 1. The lowest BCUT2D eigenvalue weighted by molar-refractivity contribution is -0.116. The van der Waals surface area contributed by atoms with Gasteiger partial charge in [-0.1, -0.05) is 18.2 Å². The summed E-state index contributed by atoms with van der Waals surface area (Å²) >= 11 is 1.56. The fourth-order valence-corrected chi connectivity index (χ4v) is 3.05. The predicted octanol–water partition coefficient (Wildman–Crippen LogP) is 3.72. The van der Waals surface area contributed by atoms with Gasteiger partial charge in [0.1, 0.15) is 0 Å². The number of thioether (sulfide) groups is 1. The van der Waals surface area contributed by atoms with Crippen LogP contribution in [0.3, 0.4) is 0 Å². The molecule has 2 rings (SSSR count). The van der Waals surface area contributed by atoms with Crippen LogP contribution in [0.4, 0.5) is 11.4 Å². The second-order valence-electron chi connectivity index (χ2n) is 4.79. The van der Waals surface area contributed by atoms with Gasteiger partial charge in [0, 0.05) is 22.8 Å². The second-order valence-corrected chi connectivity index (χ2v) is 5.80. The van der Waals surface area contributed by atoms with Crippen molar-refractivity contribution in [3.8, 4) is 0 Å². The molecule has 2 aromatic carbocycles. The first-order chi connectivity index (χ1) is 10.1. The molecule has 0 aromatic heterocycles. The first-order valence-electron chi connectivity index (χ1n) is 6.96. The zero-order chi connectivity index (χ0) is 15.2. The third kappa shape index (κ3) is 4.02. The number of nitrogen functional groups attached to an aromatic ring is 1. The molecule has 0 fully saturated rings. The zero-order valence-corrected chi connectivity index (χ0v) is 13.2. The highest BCUT2D eigenvalue weighted by molar-refractivity contribution is 8.00. The van der Waals surface area contributed by atoms with E-state index in [2.05, 4.69) is 0 Å². The number of anilines is 2. The minimum Gasteiger partial charge on any atom is -0.399 e. The predicted molar refractivity (Wildman–Crippen MR) is 90.8 cm³/mol. The summed E-state index contributed by atoms with van der Waals surface area (Å²) < 4.78 is 0. The van der Waals surface area contributed by atoms with Crippen molar-refractivity contribution in [2.75, 3.05) is 22.9 Å². The summed E-state index contributed by atoms with van der Waals surface area (Å²) in [5.74, 6) is 0.540. The molecule has 110 valence electrons. The largest absolute Gasteiger partial charge is 0.399 e. The Kier molecular flexibility index (Phi) is 5.28. The van der Waals surface area contributed by atoms with E-state index < -0.39 is 0 Å². The molecule has 0 saturated carbocycles. The average molecular weight is 300 g/mol. The molecule has 0 unspecified atom stereocenters. The van der Waals surface area contributed by atoms with Crippen LogP contribution in [-0.4, -0.2) is 18.2 Å². The molecule has 0 spiro atoms. The molecule has 0 atom stereocenters. The van der Waals surface area contributed by atoms with Crippen molar-refractivity contribution in [3.63, 3.8) is 0 Å². The second kappa shape index (κ2) is 7.18. The Bertz CT molecular complexity index is 613. The molecule has 0 aliphatic carbocycles. The molecule has 0 aliphatic heterocycles. The summed E-state index contributed by atoms with van der Waals surface area (Å²) in [5.41, 5.74) is 8.55. The van der Waals surface area contributed by atoms with Gasteiger partial charge in [0.25, 0.3) is 0 Å². The Morgan fingerprint density at radius 3 is 2.52 bits per heavy atom. The standard InChI is InChI=1S/C17H20N2OS/c1-3-19(15-7-5-4-6-8-15)17(20)12-21-16-10-9-14(18)11-13(16)2/h4-11H,3,12,18H2,1-2H3. The van der Waals surface area contributed by atoms with Crippen molar-refractivity contribution < 1.29 is 4.79 Å². The number of hydrogen-bond acceptors (Lipinski definition) is 3. The number of para-hydroxylation sites is 1. The summed E-state index contributed by atoms with van der Waals surface area (Å²) in [4.78, 5) is 15.3. The number of benzene rings is 2. The van der Waals surface area contributed by atoms with E-state index in [9.17, 15) is 4.79 Å². The Hall–Kier alpha value is -1.94. The normalized spacial score (nSPS) is 10.4. The number of carbonyl (C=O) groups excluding carboxylic acids is 1. The van der Waals surface area contributed by atoms with Gasteiger partial charge in [-0.25, -0.2) is 0 Å². The summed E-state index contributed by atoms with van der Waals surface area (Å²) in [6.07, 6.45) is 0. The van der Waals surface area contributed by atoms with Gasteiger partial charge in [0.2, 0.25) is 5.91 Å². The summed E-state index contributed by atoms with van der Waals surface area (Å²) in [6, 6.07) is 15.5. The quantitative estimate of drug-likeness (QED) is 0.676. The van der Waals surface area contributed by atoms with Crippen LogP contribution in [0.1, 0.15) is 12.5 Å². The van der Waals surface area contributed by atoms with Gasteiger partial charge >= 0.3 is 0 Å². The van der Waals surface area contributed by atoms with Crippen LogP contribution < -0.4 is 10.6 Å². The van der Waals surface area contributed by atoms with E-state index in [1.165, 1.54) is 0 Å². The van der Waals surface area contributed by atoms with E-state index in [0.717, 1.165) is 21.8 Å². The van der Waals surface area contributed by atoms with Crippen LogP contribution in [0.25, 0.3) is 0 Å². The minimum atomic E-state index is 0.116. The molecule has 0 saturated heterocycles. The smallest absolute Gasteiger partial charge is 0.237 e. The van der Waals surface area contributed by atoms with Crippen molar-refractivity contribution in [1.82, 2.24) is 0 Å². The molecular formula is C17H20N2OS. The van der Waals surface area contributed by atoms with Gasteiger partial charge < -0.3 is 10.6 Å². The molecule has 21 heavy (non-hydrogen) atoms. The number of nitrogens with zero attached hydrogens (tertiary/aromatic N) is 1. The third-order valence-electron chi connectivity index (χ3n) is 3.24. The summed E-state index contributed by atoms with van der Waals surface area (Å²) in [7, 11) is 0. The van der Waals surface area contributed by atoms with E-state index in [0.29, 0.717) is 12.3 Å². The number of carbonyl (C=O) groups is 1. The van der Waals surface area contributed by atoms with Gasteiger partial charge in [-0.2, -0.15) is 0 Å². The van der Waals surface area contributed by atoms with E-state index in [1.807, 2.05) is 62.4 Å². The molecule has 2 N–H and O–H groups in total. The van der Waals surface area contributed by atoms with Gasteiger partial charge in [-0.15, -0.1) is 11.8 Å². The molecule has 2 aromatic rings. The number of rotatable bonds is 5. The van der Waals surface area contributed by atoms with Gasteiger partial charge in [0.05, 0.1) is 5.75 Å². The molecule has 0 bridgehead atoms. The molecule has 0 radical (unpaired) electrons. The maximum Gasteiger partial charge on any atom is 0.237 e. The van der Waals surface area contributed by atoms with Crippen LogP contribution >= 0.6 is 11.8 Å². The van der Waals surface area contributed by atoms with E-state index in [4.69, 9.17) is 5.73 Å². The number of aryl methyl sites for hydroxylation is 1. The highest BCUT2D eigenvalue weighted by Crippen LogP contribution is 2.25. The fourth-order valence-electron chi connectivity index (χ4n) is 2.16.